The fourth-order valence-electron chi connectivity index (χ4n) is 9.82. The minimum absolute atomic E-state index is 0.0492. The van der Waals surface area contributed by atoms with Crippen LogP contribution in [-0.2, 0) is 16.1 Å². The molecule has 7 heteroatoms. The number of aliphatic hydroxyl groups is 1. The minimum Gasteiger partial charge on any atom is -0.494 e. The molecule has 4 aliphatic carbocycles. The van der Waals surface area contributed by atoms with Gasteiger partial charge in [0, 0.05) is 13.0 Å². The van der Waals surface area contributed by atoms with Gasteiger partial charge in [-0.1, -0.05) is 18.2 Å². The van der Waals surface area contributed by atoms with Gasteiger partial charge in [-0.05, 0) is 111 Å². The van der Waals surface area contributed by atoms with Crippen molar-refractivity contribution in [3.63, 3.8) is 0 Å². The molecule has 1 aromatic carbocycles. The number of carbonyl (C=O) groups is 1. The van der Waals surface area contributed by atoms with E-state index in [1.54, 1.807) is 11.8 Å². The van der Waals surface area contributed by atoms with Gasteiger partial charge >= 0.3 is 0 Å². The molecule has 4 fully saturated rings. The number of ether oxygens (including phenoxy) is 2. The molecule has 0 spiro atoms. The molecule has 202 valence electrons. The van der Waals surface area contributed by atoms with E-state index in [4.69, 9.17) is 9.47 Å². The third-order valence-electron chi connectivity index (χ3n) is 11.5. The van der Waals surface area contributed by atoms with Crippen LogP contribution in [-0.4, -0.2) is 52.3 Å². The van der Waals surface area contributed by atoms with Crippen molar-refractivity contribution in [2.75, 3.05) is 20.8 Å². The van der Waals surface area contributed by atoms with Gasteiger partial charge in [-0.25, -0.2) is 4.68 Å². The molecule has 4 saturated carbocycles. The number of hydrogen-bond acceptors (Lipinski definition) is 6. The molecule has 4 aliphatic rings. The van der Waals surface area contributed by atoms with E-state index in [1.165, 1.54) is 19.3 Å². The van der Waals surface area contributed by atoms with Gasteiger partial charge in [-0.15, -0.1) is 5.10 Å². The van der Waals surface area contributed by atoms with E-state index >= 15 is 0 Å². The molecular formula is C30H43N3O4. The van der Waals surface area contributed by atoms with Gasteiger partial charge in [0.1, 0.15) is 12.3 Å². The zero-order chi connectivity index (χ0) is 26.0. The number of hydrogen-bond donors (Lipinski definition) is 1. The fraction of sp³-hybridized carbons (Fsp3) is 0.767. The van der Waals surface area contributed by atoms with Crippen LogP contribution >= 0.6 is 0 Å². The summed E-state index contributed by atoms with van der Waals surface area (Å²) < 4.78 is 13.1. The van der Waals surface area contributed by atoms with Gasteiger partial charge in [0.2, 0.25) is 0 Å². The zero-order valence-corrected chi connectivity index (χ0v) is 22.9. The lowest BCUT2D eigenvalue weighted by atomic mass is 9.43. The third kappa shape index (κ3) is 3.86. The quantitative estimate of drug-likeness (QED) is 0.587. The molecule has 6 rings (SSSR count). The first-order valence-corrected chi connectivity index (χ1v) is 14.3. The second-order valence-electron chi connectivity index (χ2n) is 13.2. The molecule has 1 unspecified atom stereocenters. The zero-order valence-electron chi connectivity index (χ0n) is 22.9. The van der Waals surface area contributed by atoms with Crippen molar-refractivity contribution in [2.45, 2.75) is 83.8 Å². The van der Waals surface area contributed by atoms with Crippen molar-refractivity contribution in [3.05, 3.63) is 18.2 Å². The molecule has 37 heavy (non-hydrogen) atoms. The first-order chi connectivity index (χ1) is 17.7. The average Bonchev–Trinajstić information content (AvgIpc) is 3.44. The highest BCUT2D eigenvalue weighted by Crippen LogP contribution is 2.68. The van der Waals surface area contributed by atoms with E-state index in [0.29, 0.717) is 40.7 Å². The van der Waals surface area contributed by atoms with E-state index in [2.05, 4.69) is 17.2 Å². The third-order valence-corrected chi connectivity index (χ3v) is 11.5. The smallest absolute Gasteiger partial charge is 0.157 e. The lowest BCUT2D eigenvalue weighted by Crippen LogP contribution is -2.58. The Balaban J connectivity index is 1.23. The van der Waals surface area contributed by atoms with E-state index < -0.39 is 5.60 Å². The van der Waals surface area contributed by atoms with Crippen LogP contribution in [0.4, 0.5) is 0 Å². The molecule has 8 atom stereocenters. The lowest BCUT2D eigenvalue weighted by molar-refractivity contribution is -0.175. The normalized spacial score (nSPS) is 41.2. The number of Topliss-reactive ketones (excluding diaryl/α,β-unsaturated/α-hetero) is 1. The van der Waals surface area contributed by atoms with Crippen molar-refractivity contribution in [2.24, 2.45) is 40.4 Å². The summed E-state index contributed by atoms with van der Waals surface area (Å²) in [6.07, 6.45) is 9.65. The molecule has 0 bridgehead atoms. The van der Waals surface area contributed by atoms with Crippen LogP contribution in [0.2, 0.25) is 0 Å². The van der Waals surface area contributed by atoms with E-state index in [0.717, 1.165) is 50.6 Å². The maximum Gasteiger partial charge on any atom is 0.157 e. The minimum atomic E-state index is -0.543. The Bertz CT molecular complexity index is 1180. The number of benzene rings is 1. The summed E-state index contributed by atoms with van der Waals surface area (Å²) in [7, 11) is 3.48. The fourth-order valence-corrected chi connectivity index (χ4v) is 9.82. The van der Waals surface area contributed by atoms with Crippen LogP contribution < -0.4 is 4.74 Å². The molecule has 1 heterocycles. The molecule has 7 nitrogen and oxygen atoms in total. The number of aromatic nitrogens is 3. The predicted octanol–water partition coefficient (Wildman–Crippen LogP) is 5.05. The van der Waals surface area contributed by atoms with Gasteiger partial charge in [0.05, 0.1) is 24.8 Å². The van der Waals surface area contributed by atoms with Crippen molar-refractivity contribution in [1.29, 1.82) is 0 Å². The number of fused-ring (bicyclic) bond motifs is 6. The Hall–Kier alpha value is -1.99. The van der Waals surface area contributed by atoms with Crippen LogP contribution in [0, 0.1) is 40.4 Å². The Kier molecular flexibility index (Phi) is 6.18. The molecule has 1 aromatic heterocycles. The molecule has 1 N–H and O–H groups in total. The van der Waals surface area contributed by atoms with Gasteiger partial charge in [0.25, 0.3) is 0 Å². The summed E-state index contributed by atoms with van der Waals surface area (Å²) in [5.41, 5.74) is 1.25. The van der Waals surface area contributed by atoms with Crippen LogP contribution in [0.1, 0.15) is 71.6 Å². The molecular weight excluding hydrogens is 466 g/mol. The molecule has 0 amide bonds. The number of ketones is 1. The highest BCUT2D eigenvalue weighted by atomic mass is 16.5. The lowest BCUT2D eigenvalue weighted by Gasteiger charge is -2.62. The van der Waals surface area contributed by atoms with Crippen LogP contribution in [0.25, 0.3) is 11.0 Å². The summed E-state index contributed by atoms with van der Waals surface area (Å²) in [6.45, 7) is 5.51. The highest BCUT2D eigenvalue weighted by molar-refractivity contribution is 5.85. The summed E-state index contributed by atoms with van der Waals surface area (Å²) in [5, 5.41) is 19.5. The highest BCUT2D eigenvalue weighted by Gasteiger charge is 2.63. The van der Waals surface area contributed by atoms with Crippen molar-refractivity contribution in [3.8, 4) is 5.75 Å². The van der Waals surface area contributed by atoms with Crippen molar-refractivity contribution >= 4 is 16.8 Å². The average molecular weight is 510 g/mol. The predicted molar refractivity (Wildman–Crippen MR) is 141 cm³/mol. The molecule has 0 aliphatic heterocycles. The van der Waals surface area contributed by atoms with E-state index in [-0.39, 0.29) is 23.3 Å². The standard InChI is InChI=1S/C30H43N3O4/c1-28(35)14-15-30(18-36-3)19(16-28)8-9-20-21-10-11-23(29(21,2)13-12-22(20)30)25(34)17-33-24-6-5-7-26(37-4)27(24)31-32-33/h5-7,19-23,35H,8-18H2,1-4H3/t19?,20-,21-,22-,23+,28+,29-,30+/m0/s1. The second kappa shape index (κ2) is 9.04. The topological polar surface area (TPSA) is 86.5 Å². The van der Waals surface area contributed by atoms with Crippen molar-refractivity contribution < 1.29 is 19.4 Å². The number of nitrogens with zero attached hydrogens (tertiary/aromatic N) is 3. The van der Waals surface area contributed by atoms with Crippen LogP contribution in [0.3, 0.4) is 0 Å². The SMILES string of the molecule is COC[C@]12CC[C@@](C)(O)CC1CC[C@@H]1[C@@H]2CC[C@]2(C)[C@@H](C(=O)Cn3nnc4c(OC)cccc43)CC[C@@H]12. The Morgan fingerprint density at radius 2 is 1.92 bits per heavy atom. The Morgan fingerprint density at radius 1 is 1.08 bits per heavy atom. The first-order valence-electron chi connectivity index (χ1n) is 14.3. The van der Waals surface area contributed by atoms with E-state index in [1.807, 2.05) is 32.2 Å². The first kappa shape index (κ1) is 25.3. The van der Waals surface area contributed by atoms with Crippen LogP contribution in [0.5, 0.6) is 5.75 Å². The number of carbonyl (C=O) groups excluding carboxylic acids is 1. The van der Waals surface area contributed by atoms with Gasteiger partial charge in [-0.3, -0.25) is 4.79 Å². The van der Waals surface area contributed by atoms with Gasteiger partial charge < -0.3 is 14.6 Å². The summed E-state index contributed by atoms with van der Waals surface area (Å²) >= 11 is 0. The monoisotopic (exact) mass is 509 g/mol. The van der Waals surface area contributed by atoms with E-state index in [9.17, 15) is 9.90 Å². The second-order valence-corrected chi connectivity index (χ2v) is 13.2. The summed E-state index contributed by atoms with van der Waals surface area (Å²) in [5.74, 6) is 3.48. The molecule has 0 saturated heterocycles. The van der Waals surface area contributed by atoms with Gasteiger partial charge in [0.15, 0.2) is 11.3 Å². The Morgan fingerprint density at radius 3 is 2.70 bits per heavy atom. The Labute approximate surface area is 220 Å². The largest absolute Gasteiger partial charge is 0.494 e. The van der Waals surface area contributed by atoms with Crippen molar-refractivity contribution in [1.82, 2.24) is 15.0 Å². The van der Waals surface area contributed by atoms with Gasteiger partial charge in [-0.2, -0.15) is 0 Å². The number of methoxy groups -OCH3 is 2. The number of rotatable bonds is 6. The maximum absolute atomic E-state index is 13.8. The maximum atomic E-state index is 13.8. The summed E-state index contributed by atoms with van der Waals surface area (Å²) in [4.78, 5) is 13.8. The molecule has 0 radical (unpaired) electrons. The molecule has 2 aromatic rings. The van der Waals surface area contributed by atoms with Crippen LogP contribution in [0.15, 0.2) is 18.2 Å². The summed E-state index contributed by atoms with van der Waals surface area (Å²) in [6, 6.07) is 5.77.